The Morgan fingerprint density at radius 3 is 2.48 bits per heavy atom. The number of aryl methyl sites for hydroxylation is 2. The summed E-state index contributed by atoms with van der Waals surface area (Å²) in [6, 6.07) is 12.9. The Balaban J connectivity index is 1.83. The zero-order valence-electron chi connectivity index (χ0n) is 14.7. The molecule has 3 rings (SSSR count). The van der Waals surface area contributed by atoms with E-state index >= 15 is 0 Å². The van der Waals surface area contributed by atoms with Gasteiger partial charge in [0, 0.05) is 12.8 Å². The van der Waals surface area contributed by atoms with Gasteiger partial charge in [-0.3, -0.25) is 9.59 Å². The predicted octanol–water partition coefficient (Wildman–Crippen LogP) is 3.19. The lowest BCUT2D eigenvalue weighted by Gasteiger charge is -2.20. The van der Waals surface area contributed by atoms with Crippen molar-refractivity contribution in [3.05, 3.63) is 59.2 Å². The highest BCUT2D eigenvalue weighted by Gasteiger charge is 2.40. The van der Waals surface area contributed by atoms with E-state index in [1.54, 1.807) is 7.11 Å². The van der Waals surface area contributed by atoms with Gasteiger partial charge in [0.05, 0.1) is 18.7 Å². The molecule has 130 valence electrons. The zero-order valence-corrected chi connectivity index (χ0v) is 14.7. The SMILES string of the molecule is COCc1cccc(NC2CC(=O)N(c3c(C)cccc3C)C2=O)c1. The Labute approximate surface area is 147 Å². The van der Waals surface area contributed by atoms with Crippen LogP contribution in [0.25, 0.3) is 0 Å². The minimum absolute atomic E-state index is 0.154. The van der Waals surface area contributed by atoms with Crippen LogP contribution in [0.15, 0.2) is 42.5 Å². The van der Waals surface area contributed by atoms with Crippen LogP contribution in [0.4, 0.5) is 11.4 Å². The average molecular weight is 338 g/mol. The standard InChI is InChI=1S/C20H22N2O3/c1-13-6-4-7-14(2)19(13)22-18(23)11-17(20(22)24)21-16-9-5-8-15(10-16)12-25-3/h4-10,17,21H,11-12H2,1-3H3. The minimum Gasteiger partial charge on any atom is -0.380 e. The van der Waals surface area contributed by atoms with Crippen LogP contribution < -0.4 is 10.2 Å². The summed E-state index contributed by atoms with van der Waals surface area (Å²) in [6.45, 7) is 4.33. The molecule has 0 bridgehead atoms. The van der Waals surface area contributed by atoms with Gasteiger partial charge in [-0.15, -0.1) is 0 Å². The molecular weight excluding hydrogens is 316 g/mol. The molecule has 1 N–H and O–H groups in total. The minimum atomic E-state index is -0.552. The van der Waals surface area contributed by atoms with E-state index in [9.17, 15) is 9.59 Å². The molecule has 1 aliphatic rings. The number of imide groups is 1. The smallest absolute Gasteiger partial charge is 0.256 e. The number of carbonyl (C=O) groups is 2. The van der Waals surface area contributed by atoms with Gasteiger partial charge in [0.15, 0.2) is 0 Å². The maximum Gasteiger partial charge on any atom is 0.256 e. The lowest BCUT2D eigenvalue weighted by atomic mass is 10.1. The van der Waals surface area contributed by atoms with Gasteiger partial charge < -0.3 is 10.1 Å². The quantitative estimate of drug-likeness (QED) is 0.851. The fourth-order valence-corrected chi connectivity index (χ4v) is 3.26. The molecule has 2 amide bonds. The first-order chi connectivity index (χ1) is 12.0. The normalized spacial score (nSPS) is 17.2. The van der Waals surface area contributed by atoms with Crippen LogP contribution in [0.2, 0.25) is 0 Å². The first-order valence-corrected chi connectivity index (χ1v) is 8.28. The van der Waals surface area contributed by atoms with E-state index in [0.29, 0.717) is 12.3 Å². The van der Waals surface area contributed by atoms with Gasteiger partial charge in [-0.2, -0.15) is 0 Å². The van der Waals surface area contributed by atoms with Crippen molar-refractivity contribution < 1.29 is 14.3 Å². The number of amides is 2. The van der Waals surface area contributed by atoms with Crippen molar-refractivity contribution in [3.63, 3.8) is 0 Å². The monoisotopic (exact) mass is 338 g/mol. The van der Waals surface area contributed by atoms with Crippen LogP contribution in [0.1, 0.15) is 23.1 Å². The van der Waals surface area contributed by atoms with E-state index in [2.05, 4.69) is 5.32 Å². The van der Waals surface area contributed by atoms with Crippen molar-refractivity contribution in [1.29, 1.82) is 0 Å². The molecule has 0 saturated carbocycles. The molecule has 1 fully saturated rings. The predicted molar refractivity (Wildman–Crippen MR) is 97.6 cm³/mol. The molecule has 25 heavy (non-hydrogen) atoms. The third-order valence-electron chi connectivity index (χ3n) is 4.39. The van der Waals surface area contributed by atoms with E-state index in [0.717, 1.165) is 22.4 Å². The van der Waals surface area contributed by atoms with Crippen LogP contribution >= 0.6 is 0 Å². The van der Waals surface area contributed by atoms with E-state index in [4.69, 9.17) is 4.74 Å². The second-order valence-electron chi connectivity index (χ2n) is 6.34. The van der Waals surface area contributed by atoms with Crippen LogP contribution in [-0.2, 0) is 20.9 Å². The Morgan fingerprint density at radius 1 is 1.12 bits per heavy atom. The van der Waals surface area contributed by atoms with E-state index in [1.807, 2.05) is 56.3 Å². The first kappa shape index (κ1) is 17.2. The van der Waals surface area contributed by atoms with Crippen molar-refractivity contribution in [1.82, 2.24) is 0 Å². The van der Waals surface area contributed by atoms with Gasteiger partial charge in [-0.25, -0.2) is 4.90 Å². The number of nitrogens with zero attached hydrogens (tertiary/aromatic N) is 1. The molecule has 1 saturated heterocycles. The summed E-state index contributed by atoms with van der Waals surface area (Å²) in [5.41, 5.74) is 4.36. The summed E-state index contributed by atoms with van der Waals surface area (Å²) in [5.74, 6) is -0.382. The van der Waals surface area contributed by atoms with Crippen molar-refractivity contribution in [3.8, 4) is 0 Å². The second kappa shape index (κ2) is 7.07. The largest absolute Gasteiger partial charge is 0.380 e. The Morgan fingerprint density at radius 2 is 1.80 bits per heavy atom. The lowest BCUT2D eigenvalue weighted by Crippen LogP contribution is -2.35. The Kier molecular flexibility index (Phi) is 4.86. The summed E-state index contributed by atoms with van der Waals surface area (Å²) in [7, 11) is 1.64. The van der Waals surface area contributed by atoms with Gasteiger partial charge in [0.1, 0.15) is 6.04 Å². The number of hydrogen-bond acceptors (Lipinski definition) is 4. The van der Waals surface area contributed by atoms with Crippen molar-refractivity contribution in [2.45, 2.75) is 32.9 Å². The molecule has 1 heterocycles. The highest BCUT2D eigenvalue weighted by Crippen LogP contribution is 2.30. The third kappa shape index (κ3) is 3.42. The van der Waals surface area contributed by atoms with Gasteiger partial charge >= 0.3 is 0 Å². The maximum atomic E-state index is 12.9. The van der Waals surface area contributed by atoms with Crippen molar-refractivity contribution in [2.24, 2.45) is 0 Å². The molecule has 1 unspecified atom stereocenters. The summed E-state index contributed by atoms with van der Waals surface area (Å²) in [5, 5.41) is 3.19. The second-order valence-corrected chi connectivity index (χ2v) is 6.34. The van der Waals surface area contributed by atoms with Gasteiger partial charge in [0.2, 0.25) is 5.91 Å². The van der Waals surface area contributed by atoms with E-state index < -0.39 is 6.04 Å². The zero-order chi connectivity index (χ0) is 18.0. The van der Waals surface area contributed by atoms with Crippen molar-refractivity contribution >= 4 is 23.2 Å². The summed E-state index contributed by atoms with van der Waals surface area (Å²) in [4.78, 5) is 26.7. The number of ether oxygens (including phenoxy) is 1. The number of anilines is 2. The molecule has 1 aliphatic heterocycles. The molecule has 2 aromatic rings. The molecule has 0 aromatic heterocycles. The molecule has 0 aliphatic carbocycles. The Bertz CT molecular complexity index is 796. The van der Waals surface area contributed by atoms with Crippen LogP contribution in [0, 0.1) is 13.8 Å². The molecular formula is C20H22N2O3. The summed E-state index contributed by atoms with van der Waals surface area (Å²) < 4.78 is 5.14. The van der Waals surface area contributed by atoms with E-state index in [1.165, 1.54) is 4.90 Å². The number of methoxy groups -OCH3 is 1. The topological polar surface area (TPSA) is 58.6 Å². The summed E-state index contributed by atoms with van der Waals surface area (Å²) in [6.07, 6.45) is 0.154. The molecule has 5 nitrogen and oxygen atoms in total. The van der Waals surface area contributed by atoms with Gasteiger partial charge in [-0.05, 0) is 42.7 Å². The first-order valence-electron chi connectivity index (χ1n) is 8.28. The number of para-hydroxylation sites is 1. The van der Waals surface area contributed by atoms with Crippen LogP contribution in [0.5, 0.6) is 0 Å². The molecule has 5 heteroatoms. The molecule has 2 aromatic carbocycles. The highest BCUT2D eigenvalue weighted by atomic mass is 16.5. The fourth-order valence-electron chi connectivity index (χ4n) is 3.26. The van der Waals surface area contributed by atoms with Gasteiger partial charge in [0.25, 0.3) is 5.91 Å². The number of benzene rings is 2. The summed E-state index contributed by atoms with van der Waals surface area (Å²) >= 11 is 0. The molecule has 0 spiro atoms. The number of nitrogens with one attached hydrogen (secondary N) is 1. The average Bonchev–Trinajstić information content (AvgIpc) is 2.83. The highest BCUT2D eigenvalue weighted by molar-refractivity contribution is 6.23. The molecule has 0 radical (unpaired) electrons. The maximum absolute atomic E-state index is 12.9. The number of rotatable bonds is 5. The number of hydrogen-bond donors (Lipinski definition) is 1. The van der Waals surface area contributed by atoms with Crippen molar-refractivity contribution in [2.75, 3.05) is 17.3 Å². The van der Waals surface area contributed by atoms with Gasteiger partial charge in [-0.1, -0.05) is 30.3 Å². The number of carbonyl (C=O) groups excluding carboxylic acids is 2. The van der Waals surface area contributed by atoms with Crippen LogP contribution in [-0.4, -0.2) is 25.0 Å². The van der Waals surface area contributed by atoms with E-state index in [-0.39, 0.29) is 18.2 Å². The lowest BCUT2D eigenvalue weighted by molar-refractivity contribution is -0.121. The van der Waals surface area contributed by atoms with Crippen LogP contribution in [0.3, 0.4) is 0 Å². The Hall–Kier alpha value is -2.66. The molecule has 1 atom stereocenters. The third-order valence-corrected chi connectivity index (χ3v) is 4.39. The fraction of sp³-hybridized carbons (Fsp3) is 0.300.